The highest BCUT2D eigenvalue weighted by Gasteiger charge is 2.46. The second-order valence-corrected chi connectivity index (χ2v) is 11.3. The van der Waals surface area contributed by atoms with Crippen LogP contribution in [0, 0.1) is 0 Å². The number of nitrogens with one attached hydrogen (secondary N) is 1. The molecule has 0 unspecified atom stereocenters. The van der Waals surface area contributed by atoms with Crippen molar-refractivity contribution in [1.29, 1.82) is 0 Å². The molecule has 174 valence electrons. The number of hydrogen-bond donors (Lipinski definition) is 1. The molecule has 0 spiro atoms. The Morgan fingerprint density at radius 3 is 1.67 bits per heavy atom. The lowest BCUT2D eigenvalue weighted by Crippen LogP contribution is -2.46. The summed E-state index contributed by atoms with van der Waals surface area (Å²) >= 11 is 0. The first-order valence-electron chi connectivity index (χ1n) is 9.47. The zero-order valence-electron chi connectivity index (χ0n) is 17.9. The van der Waals surface area contributed by atoms with Crippen LogP contribution in [0.1, 0.15) is 41.5 Å². The van der Waals surface area contributed by atoms with Crippen LogP contribution in [0.15, 0.2) is 29.2 Å². The standard InChI is InChI=1S/C18H30F3N3O4S2/c1-13(2)23(14(3)4)11-12-24(15(5)6)29(25,26)17-9-7-16(8-10-17)22-30(27,28)18(19,20)21/h7-10,13-15,22H,11-12H2,1-6H3. The van der Waals surface area contributed by atoms with Gasteiger partial charge in [-0.1, -0.05) is 0 Å². The van der Waals surface area contributed by atoms with Crippen molar-refractivity contribution in [2.45, 2.75) is 70.1 Å². The van der Waals surface area contributed by atoms with E-state index >= 15 is 0 Å². The predicted octanol–water partition coefficient (Wildman–Crippen LogP) is 3.47. The number of benzene rings is 1. The van der Waals surface area contributed by atoms with E-state index in [2.05, 4.69) is 4.90 Å². The van der Waals surface area contributed by atoms with Crippen LogP contribution in [-0.4, -0.2) is 62.8 Å². The Morgan fingerprint density at radius 2 is 1.30 bits per heavy atom. The van der Waals surface area contributed by atoms with Crippen molar-refractivity contribution in [3.8, 4) is 0 Å². The summed E-state index contributed by atoms with van der Waals surface area (Å²) in [4.78, 5) is 2.02. The summed E-state index contributed by atoms with van der Waals surface area (Å²) in [5.41, 5.74) is -5.85. The van der Waals surface area contributed by atoms with E-state index in [0.717, 1.165) is 24.3 Å². The smallest absolute Gasteiger partial charge is 0.297 e. The second-order valence-electron chi connectivity index (χ2n) is 7.71. The highest BCUT2D eigenvalue weighted by Crippen LogP contribution is 2.26. The third-order valence-corrected chi connectivity index (χ3v) is 7.70. The van der Waals surface area contributed by atoms with E-state index in [1.807, 2.05) is 27.7 Å². The molecule has 0 radical (unpaired) electrons. The highest BCUT2D eigenvalue weighted by atomic mass is 32.2. The summed E-state index contributed by atoms with van der Waals surface area (Å²) in [6.45, 7) is 12.3. The molecule has 0 saturated heterocycles. The molecule has 0 amide bonds. The van der Waals surface area contributed by atoms with Crippen LogP contribution in [0.4, 0.5) is 18.9 Å². The molecule has 0 aliphatic rings. The van der Waals surface area contributed by atoms with E-state index in [-0.39, 0.29) is 35.3 Å². The van der Waals surface area contributed by atoms with Gasteiger partial charge in [-0.05, 0) is 65.8 Å². The Bertz CT molecular complexity index is 890. The van der Waals surface area contributed by atoms with Gasteiger partial charge in [0.2, 0.25) is 10.0 Å². The van der Waals surface area contributed by atoms with E-state index in [4.69, 9.17) is 0 Å². The maximum atomic E-state index is 13.1. The topological polar surface area (TPSA) is 86.8 Å². The van der Waals surface area contributed by atoms with Gasteiger partial charge in [0, 0.05) is 36.9 Å². The molecule has 0 saturated carbocycles. The van der Waals surface area contributed by atoms with Gasteiger partial charge >= 0.3 is 15.5 Å². The van der Waals surface area contributed by atoms with Crippen LogP contribution in [0.5, 0.6) is 0 Å². The lowest BCUT2D eigenvalue weighted by atomic mass is 10.2. The molecule has 0 fully saturated rings. The quantitative estimate of drug-likeness (QED) is 0.562. The van der Waals surface area contributed by atoms with Gasteiger partial charge in [-0.25, -0.2) is 8.42 Å². The van der Waals surface area contributed by atoms with Crippen molar-refractivity contribution < 1.29 is 30.0 Å². The molecule has 12 heteroatoms. The molecule has 1 N–H and O–H groups in total. The summed E-state index contributed by atoms with van der Waals surface area (Å²) in [7, 11) is -9.51. The fourth-order valence-corrected chi connectivity index (χ4v) is 5.22. The van der Waals surface area contributed by atoms with Gasteiger partial charge in [-0.15, -0.1) is 0 Å². The molecule has 1 aromatic carbocycles. The van der Waals surface area contributed by atoms with Crippen LogP contribution in [0.3, 0.4) is 0 Å². The zero-order valence-corrected chi connectivity index (χ0v) is 19.6. The van der Waals surface area contributed by atoms with Crippen LogP contribution in [0.2, 0.25) is 0 Å². The number of sulfonamides is 2. The summed E-state index contributed by atoms with van der Waals surface area (Å²) < 4.78 is 88.7. The first-order valence-corrected chi connectivity index (χ1v) is 12.4. The Balaban J connectivity index is 3.09. The van der Waals surface area contributed by atoms with Crippen LogP contribution < -0.4 is 4.72 Å². The van der Waals surface area contributed by atoms with Crippen molar-refractivity contribution in [2.75, 3.05) is 17.8 Å². The van der Waals surface area contributed by atoms with Crippen LogP contribution in [0.25, 0.3) is 0 Å². The molecule has 1 rings (SSSR count). The SMILES string of the molecule is CC(C)N(CCN(C(C)C)S(=O)(=O)c1ccc(NS(=O)(=O)C(F)(F)F)cc1)C(C)C. The number of halogens is 3. The van der Waals surface area contributed by atoms with Crippen molar-refractivity contribution in [2.24, 2.45) is 0 Å². The van der Waals surface area contributed by atoms with Gasteiger partial charge in [0.25, 0.3) is 0 Å². The van der Waals surface area contributed by atoms with E-state index in [0.29, 0.717) is 6.54 Å². The van der Waals surface area contributed by atoms with Gasteiger partial charge in [0.05, 0.1) is 4.90 Å². The van der Waals surface area contributed by atoms with E-state index < -0.39 is 25.6 Å². The maximum Gasteiger partial charge on any atom is 0.516 e. The lowest BCUT2D eigenvalue weighted by Gasteiger charge is -2.34. The molecule has 0 bridgehead atoms. The molecule has 0 aliphatic heterocycles. The molecule has 0 aliphatic carbocycles. The van der Waals surface area contributed by atoms with Crippen LogP contribution in [-0.2, 0) is 20.0 Å². The number of alkyl halides is 3. The summed E-state index contributed by atoms with van der Waals surface area (Å²) in [5, 5.41) is 0. The van der Waals surface area contributed by atoms with Gasteiger partial charge < -0.3 is 0 Å². The monoisotopic (exact) mass is 473 g/mol. The second kappa shape index (κ2) is 9.84. The summed E-state index contributed by atoms with van der Waals surface area (Å²) in [5.74, 6) is 0. The van der Waals surface area contributed by atoms with Crippen molar-refractivity contribution in [1.82, 2.24) is 9.21 Å². The normalized spacial score (nSPS) is 13.8. The van der Waals surface area contributed by atoms with E-state index in [1.54, 1.807) is 13.8 Å². The average Bonchev–Trinajstić information content (AvgIpc) is 2.56. The molecule has 7 nitrogen and oxygen atoms in total. The van der Waals surface area contributed by atoms with Gasteiger partial charge in [-0.2, -0.15) is 25.9 Å². The van der Waals surface area contributed by atoms with Crippen molar-refractivity contribution in [3.05, 3.63) is 24.3 Å². The molecular weight excluding hydrogens is 443 g/mol. The first-order chi connectivity index (χ1) is 13.5. The Morgan fingerprint density at radius 1 is 0.833 bits per heavy atom. The maximum absolute atomic E-state index is 13.1. The van der Waals surface area contributed by atoms with Crippen molar-refractivity contribution in [3.63, 3.8) is 0 Å². The molecule has 0 atom stereocenters. The molecule has 1 aromatic rings. The number of rotatable bonds is 10. The third kappa shape index (κ3) is 6.56. The largest absolute Gasteiger partial charge is 0.516 e. The Hall–Kier alpha value is -1.37. The Kier molecular flexibility index (Phi) is 8.74. The zero-order chi connectivity index (χ0) is 23.5. The Labute approximate surface area is 177 Å². The first kappa shape index (κ1) is 26.7. The molecule has 0 heterocycles. The van der Waals surface area contributed by atoms with Crippen LogP contribution >= 0.6 is 0 Å². The van der Waals surface area contributed by atoms with Gasteiger partial charge in [0.15, 0.2) is 0 Å². The average molecular weight is 474 g/mol. The lowest BCUT2D eigenvalue weighted by molar-refractivity contribution is -0.0429. The molecule has 0 aromatic heterocycles. The predicted molar refractivity (Wildman–Crippen MR) is 111 cm³/mol. The highest BCUT2D eigenvalue weighted by molar-refractivity contribution is 7.93. The molecular formula is C18H30F3N3O4S2. The number of hydrogen-bond acceptors (Lipinski definition) is 5. The minimum absolute atomic E-state index is 0.133. The fourth-order valence-electron chi connectivity index (χ4n) is 3.03. The molecule has 30 heavy (non-hydrogen) atoms. The summed E-state index contributed by atoms with van der Waals surface area (Å²) in [6.07, 6.45) is 0. The number of nitrogens with zero attached hydrogens (tertiary/aromatic N) is 2. The number of anilines is 1. The third-order valence-electron chi connectivity index (χ3n) is 4.50. The van der Waals surface area contributed by atoms with Gasteiger partial charge in [0.1, 0.15) is 0 Å². The van der Waals surface area contributed by atoms with E-state index in [9.17, 15) is 30.0 Å². The fraction of sp³-hybridized carbons (Fsp3) is 0.667. The minimum atomic E-state index is -5.58. The van der Waals surface area contributed by atoms with E-state index in [1.165, 1.54) is 9.03 Å². The summed E-state index contributed by atoms with van der Waals surface area (Å²) in [6, 6.07) is 4.25. The minimum Gasteiger partial charge on any atom is -0.297 e. The van der Waals surface area contributed by atoms with Crippen molar-refractivity contribution >= 4 is 25.7 Å². The van der Waals surface area contributed by atoms with Gasteiger partial charge in [-0.3, -0.25) is 9.62 Å².